The Morgan fingerprint density at radius 2 is 1.95 bits per heavy atom. The summed E-state index contributed by atoms with van der Waals surface area (Å²) >= 11 is 1.33. The highest BCUT2D eigenvalue weighted by Crippen LogP contribution is 2.31. The molecule has 0 saturated carbocycles. The van der Waals surface area contributed by atoms with Crippen LogP contribution in [0, 0.1) is 11.8 Å². The monoisotopic (exact) mass is 310 g/mol. The zero-order valence-electron chi connectivity index (χ0n) is 11.6. The third-order valence-corrected chi connectivity index (χ3v) is 3.85. The van der Waals surface area contributed by atoms with E-state index in [1.54, 1.807) is 6.07 Å². The van der Waals surface area contributed by atoms with Gasteiger partial charge in [-0.05, 0) is 36.4 Å². The molecule has 0 aliphatic heterocycles. The second-order valence-corrected chi connectivity index (χ2v) is 5.73. The molecule has 6 heteroatoms. The van der Waals surface area contributed by atoms with Gasteiger partial charge in [-0.3, -0.25) is 0 Å². The second kappa shape index (κ2) is 5.84. The highest BCUT2D eigenvalue weighted by molar-refractivity contribution is 7.22. The first-order valence-corrected chi connectivity index (χ1v) is 7.41. The van der Waals surface area contributed by atoms with E-state index in [4.69, 9.17) is 11.5 Å². The van der Waals surface area contributed by atoms with Gasteiger partial charge in [-0.1, -0.05) is 23.2 Å². The molecule has 1 aromatic heterocycles. The molecule has 3 rings (SSSR count). The van der Waals surface area contributed by atoms with Crippen LogP contribution in [0.4, 0.5) is 16.5 Å². The summed E-state index contributed by atoms with van der Waals surface area (Å²) < 4.78 is 0.827. The van der Waals surface area contributed by atoms with Gasteiger partial charge in [0.05, 0.1) is 11.2 Å². The van der Waals surface area contributed by atoms with Crippen LogP contribution in [0.1, 0.15) is 5.56 Å². The van der Waals surface area contributed by atoms with Crippen molar-refractivity contribution < 1.29 is 5.11 Å². The van der Waals surface area contributed by atoms with Gasteiger partial charge in [0.1, 0.15) is 11.3 Å². The summed E-state index contributed by atoms with van der Waals surface area (Å²) in [6.07, 6.45) is 0. The van der Waals surface area contributed by atoms with E-state index < -0.39 is 0 Å². The number of phenols is 1. The van der Waals surface area contributed by atoms with E-state index in [-0.39, 0.29) is 5.75 Å². The lowest BCUT2D eigenvalue weighted by Crippen LogP contribution is -1.98. The number of nitrogens with two attached hydrogens (primary N) is 2. The smallest absolute Gasteiger partial charge is 0.181 e. The molecular formula is C16H14N4OS. The van der Waals surface area contributed by atoms with Gasteiger partial charge in [0.2, 0.25) is 0 Å². The summed E-state index contributed by atoms with van der Waals surface area (Å²) in [7, 11) is 0. The molecule has 2 aromatic carbocycles. The molecule has 0 aliphatic carbocycles. The number of thiazole rings is 1. The highest BCUT2D eigenvalue weighted by atomic mass is 32.1. The number of hydrogen-bond acceptors (Lipinski definition) is 6. The second-order valence-electron chi connectivity index (χ2n) is 4.67. The van der Waals surface area contributed by atoms with Gasteiger partial charge in [-0.2, -0.15) is 0 Å². The minimum absolute atomic E-state index is 0.0984. The lowest BCUT2D eigenvalue weighted by Gasteiger charge is -2.01. The van der Waals surface area contributed by atoms with Gasteiger partial charge in [-0.25, -0.2) is 4.98 Å². The van der Waals surface area contributed by atoms with Crippen LogP contribution in [0.3, 0.4) is 0 Å². The van der Waals surface area contributed by atoms with Crippen molar-refractivity contribution in [2.24, 2.45) is 0 Å². The number of nitrogens with one attached hydrogen (secondary N) is 1. The number of rotatable bonds is 2. The molecule has 0 fully saturated rings. The summed E-state index contributed by atoms with van der Waals surface area (Å²) in [6, 6.07) is 10.9. The van der Waals surface area contributed by atoms with Gasteiger partial charge >= 0.3 is 0 Å². The number of anilines is 3. The van der Waals surface area contributed by atoms with Crippen LogP contribution in [0.2, 0.25) is 0 Å². The Bertz CT molecular complexity index is 875. The van der Waals surface area contributed by atoms with Crippen LogP contribution in [0.5, 0.6) is 5.75 Å². The summed E-state index contributed by atoms with van der Waals surface area (Å²) in [5.74, 6) is 6.12. The van der Waals surface area contributed by atoms with Crippen molar-refractivity contribution in [3.05, 3.63) is 42.0 Å². The van der Waals surface area contributed by atoms with Crippen LogP contribution in [0.25, 0.3) is 10.2 Å². The fourth-order valence-electron chi connectivity index (χ4n) is 1.99. The van der Waals surface area contributed by atoms with Gasteiger partial charge in [-0.15, -0.1) is 0 Å². The third-order valence-electron chi connectivity index (χ3n) is 3.02. The van der Waals surface area contributed by atoms with Crippen LogP contribution < -0.4 is 16.8 Å². The maximum absolute atomic E-state index is 9.92. The van der Waals surface area contributed by atoms with Crippen molar-refractivity contribution in [3.8, 4) is 17.6 Å². The number of phenolic OH excluding ortho intramolecular Hbond substituents is 1. The predicted molar refractivity (Wildman–Crippen MR) is 91.9 cm³/mol. The molecule has 0 radical (unpaired) electrons. The Labute approximate surface area is 131 Å². The SMILES string of the molecule is Nc1ccc(NCC#Cc2cc(O)c3nc(N)sc3c2)cc1. The van der Waals surface area contributed by atoms with Gasteiger partial charge in [0, 0.05) is 16.9 Å². The van der Waals surface area contributed by atoms with E-state index in [9.17, 15) is 5.11 Å². The minimum atomic E-state index is 0.0984. The molecule has 6 N–H and O–H groups in total. The van der Waals surface area contributed by atoms with E-state index >= 15 is 0 Å². The Morgan fingerprint density at radius 3 is 2.73 bits per heavy atom. The normalized spacial score (nSPS) is 10.2. The molecule has 22 heavy (non-hydrogen) atoms. The zero-order valence-corrected chi connectivity index (χ0v) is 12.4. The largest absolute Gasteiger partial charge is 0.506 e. The molecule has 3 aromatic rings. The maximum atomic E-state index is 9.92. The van der Waals surface area contributed by atoms with Crippen molar-refractivity contribution in [1.82, 2.24) is 4.98 Å². The zero-order chi connectivity index (χ0) is 15.5. The van der Waals surface area contributed by atoms with Crippen LogP contribution in [-0.2, 0) is 0 Å². The number of hydrogen-bond donors (Lipinski definition) is 4. The molecule has 5 nitrogen and oxygen atoms in total. The molecule has 110 valence electrons. The van der Waals surface area contributed by atoms with Crippen LogP contribution in [0.15, 0.2) is 36.4 Å². The average Bonchev–Trinajstić information content (AvgIpc) is 2.86. The van der Waals surface area contributed by atoms with Crippen molar-refractivity contribution in [1.29, 1.82) is 0 Å². The molecule has 0 spiro atoms. The Morgan fingerprint density at radius 1 is 1.18 bits per heavy atom. The highest BCUT2D eigenvalue weighted by Gasteiger charge is 2.07. The van der Waals surface area contributed by atoms with E-state index in [2.05, 4.69) is 22.1 Å². The summed E-state index contributed by atoms with van der Waals surface area (Å²) in [6.45, 7) is 0.494. The minimum Gasteiger partial charge on any atom is -0.506 e. The number of fused-ring (bicyclic) bond motifs is 1. The first-order chi connectivity index (χ1) is 10.6. The van der Waals surface area contributed by atoms with Crippen LogP contribution in [-0.4, -0.2) is 16.6 Å². The predicted octanol–water partition coefficient (Wildman–Crippen LogP) is 2.63. The lowest BCUT2D eigenvalue weighted by molar-refractivity contribution is 0.480. The number of nitrogens with zero attached hydrogens (tertiary/aromatic N) is 1. The lowest BCUT2D eigenvalue weighted by atomic mass is 10.2. The quantitative estimate of drug-likeness (QED) is 0.431. The van der Waals surface area contributed by atoms with Crippen molar-refractivity contribution in [2.45, 2.75) is 0 Å². The number of benzene rings is 2. The Kier molecular flexibility index (Phi) is 3.73. The average molecular weight is 310 g/mol. The number of aromatic hydroxyl groups is 1. The van der Waals surface area contributed by atoms with E-state index in [1.807, 2.05) is 30.3 Å². The fourth-order valence-corrected chi connectivity index (χ4v) is 2.79. The van der Waals surface area contributed by atoms with E-state index in [0.29, 0.717) is 17.2 Å². The summed E-state index contributed by atoms with van der Waals surface area (Å²) in [5, 5.41) is 13.5. The molecular weight excluding hydrogens is 296 g/mol. The molecule has 1 heterocycles. The molecule has 0 aliphatic rings. The first kappa shape index (κ1) is 14.0. The molecule has 0 atom stereocenters. The van der Waals surface area contributed by atoms with Gasteiger partial charge in [0.25, 0.3) is 0 Å². The molecule has 0 bridgehead atoms. The maximum Gasteiger partial charge on any atom is 0.181 e. The van der Waals surface area contributed by atoms with Crippen molar-refractivity contribution >= 4 is 38.1 Å². The van der Waals surface area contributed by atoms with Crippen molar-refractivity contribution in [3.63, 3.8) is 0 Å². The standard InChI is InChI=1S/C16H14N4OS/c17-11-3-5-12(6-4-11)19-7-1-2-10-8-13(21)15-14(9-10)22-16(18)20-15/h3-6,8-9,19,21H,7,17H2,(H2,18,20). The summed E-state index contributed by atoms with van der Waals surface area (Å²) in [4.78, 5) is 4.07. The fraction of sp³-hybridized carbons (Fsp3) is 0.0625. The Balaban J connectivity index is 1.72. The number of aromatic nitrogens is 1. The number of nitrogen functional groups attached to an aromatic ring is 2. The topological polar surface area (TPSA) is 97.2 Å². The molecule has 0 amide bonds. The molecule has 0 unspecified atom stereocenters. The van der Waals surface area contributed by atoms with Gasteiger partial charge in [0.15, 0.2) is 5.13 Å². The third kappa shape index (κ3) is 3.05. The van der Waals surface area contributed by atoms with Crippen LogP contribution >= 0.6 is 11.3 Å². The first-order valence-electron chi connectivity index (χ1n) is 6.59. The summed E-state index contributed by atoms with van der Waals surface area (Å²) in [5.41, 5.74) is 14.2. The van der Waals surface area contributed by atoms with Crippen molar-refractivity contribution in [2.75, 3.05) is 23.3 Å². The van der Waals surface area contributed by atoms with Gasteiger partial charge < -0.3 is 21.9 Å². The van der Waals surface area contributed by atoms with E-state index in [1.165, 1.54) is 11.3 Å². The van der Waals surface area contributed by atoms with E-state index in [0.717, 1.165) is 21.6 Å². The Hall–Kier alpha value is -2.91. The molecule has 0 saturated heterocycles.